The molecule has 0 saturated carbocycles. The van der Waals surface area contributed by atoms with Gasteiger partial charge in [-0.05, 0) is 54.7 Å². The Morgan fingerprint density at radius 1 is 0.953 bits per heavy atom. The maximum atomic E-state index is 13.8. The van der Waals surface area contributed by atoms with Crippen molar-refractivity contribution in [3.05, 3.63) is 81.7 Å². The Bertz CT molecular complexity index is 1510. The Balaban J connectivity index is 1.38. The van der Waals surface area contributed by atoms with Gasteiger partial charge in [0.15, 0.2) is 0 Å². The maximum absolute atomic E-state index is 13.8. The molecule has 0 spiro atoms. The summed E-state index contributed by atoms with van der Waals surface area (Å²) in [5.74, 6) is -0.459. The number of anilines is 1. The zero-order valence-corrected chi connectivity index (χ0v) is 26.5. The highest BCUT2D eigenvalue weighted by Gasteiger charge is 2.32. The molecular formula is C32H40N4O5S2. The van der Waals surface area contributed by atoms with Crippen molar-refractivity contribution < 1.29 is 22.7 Å². The number of thiophene rings is 1. The van der Waals surface area contributed by atoms with E-state index in [1.54, 1.807) is 4.90 Å². The first kappa shape index (κ1) is 31.3. The minimum absolute atomic E-state index is 0.0824. The zero-order valence-electron chi connectivity index (χ0n) is 24.9. The standard InChI is InChI=1S/C32H40N4O5S2/c1-3-15-36(16-4-2)43(39,40)26-12-10-25(11-13-26)30(37)33-31-29(32(38)35-18-20-41-21-19-35)27-14-17-34(23-28(27)42-31)22-24-8-6-5-7-9-24/h5-13H,3-4,14-23H2,1-2H3,(H,33,37). The second-order valence-electron chi connectivity index (χ2n) is 10.9. The third-order valence-electron chi connectivity index (χ3n) is 7.82. The van der Waals surface area contributed by atoms with Crippen LogP contribution in [-0.2, 0) is 34.3 Å². The molecule has 2 aliphatic heterocycles. The van der Waals surface area contributed by atoms with Crippen LogP contribution in [0.25, 0.3) is 0 Å². The van der Waals surface area contributed by atoms with E-state index in [1.807, 2.05) is 32.0 Å². The number of sulfonamides is 1. The lowest BCUT2D eigenvalue weighted by atomic mass is 10.0. The Kier molecular flexibility index (Phi) is 10.3. The second kappa shape index (κ2) is 14.1. The fourth-order valence-electron chi connectivity index (χ4n) is 5.63. The molecule has 1 aromatic heterocycles. The number of morpholine rings is 1. The number of benzene rings is 2. The Hall–Kier alpha value is -3.09. The molecule has 5 rings (SSSR count). The van der Waals surface area contributed by atoms with E-state index in [0.717, 1.165) is 42.8 Å². The number of nitrogens with zero attached hydrogens (tertiary/aromatic N) is 3. The minimum Gasteiger partial charge on any atom is -0.378 e. The highest BCUT2D eigenvalue weighted by Crippen LogP contribution is 2.38. The van der Waals surface area contributed by atoms with Crippen molar-refractivity contribution in [1.29, 1.82) is 0 Å². The summed E-state index contributed by atoms with van der Waals surface area (Å²) in [5, 5.41) is 3.56. The third kappa shape index (κ3) is 7.18. The van der Waals surface area contributed by atoms with E-state index in [-0.39, 0.29) is 16.7 Å². The van der Waals surface area contributed by atoms with Crippen molar-refractivity contribution in [3.8, 4) is 0 Å². The molecule has 2 aliphatic rings. The first-order chi connectivity index (χ1) is 20.8. The Morgan fingerprint density at radius 2 is 1.63 bits per heavy atom. The largest absolute Gasteiger partial charge is 0.378 e. The summed E-state index contributed by atoms with van der Waals surface area (Å²) >= 11 is 1.46. The Labute approximate surface area is 258 Å². The number of rotatable bonds is 11. The van der Waals surface area contributed by atoms with Gasteiger partial charge in [0.05, 0.1) is 23.7 Å². The maximum Gasteiger partial charge on any atom is 0.257 e. The van der Waals surface area contributed by atoms with Gasteiger partial charge in [-0.2, -0.15) is 4.31 Å². The molecule has 0 radical (unpaired) electrons. The Morgan fingerprint density at radius 3 is 2.28 bits per heavy atom. The monoisotopic (exact) mass is 624 g/mol. The number of nitrogens with one attached hydrogen (secondary N) is 1. The lowest BCUT2D eigenvalue weighted by Gasteiger charge is -2.29. The quantitative estimate of drug-likeness (QED) is 0.328. The summed E-state index contributed by atoms with van der Waals surface area (Å²) < 4.78 is 33.3. The predicted molar refractivity (Wildman–Crippen MR) is 169 cm³/mol. The van der Waals surface area contributed by atoms with E-state index in [4.69, 9.17) is 4.74 Å². The molecule has 1 N–H and O–H groups in total. The molecule has 3 heterocycles. The van der Waals surface area contributed by atoms with Crippen LogP contribution >= 0.6 is 11.3 Å². The van der Waals surface area contributed by atoms with Crippen LogP contribution in [0.1, 0.15) is 63.4 Å². The van der Waals surface area contributed by atoms with Crippen molar-refractivity contribution in [1.82, 2.24) is 14.1 Å². The van der Waals surface area contributed by atoms with E-state index >= 15 is 0 Å². The van der Waals surface area contributed by atoms with Crippen molar-refractivity contribution in [2.24, 2.45) is 0 Å². The average Bonchev–Trinajstić information content (AvgIpc) is 3.38. The number of carbonyl (C=O) groups is 2. The van der Waals surface area contributed by atoms with Crippen LogP contribution in [0.4, 0.5) is 5.00 Å². The lowest BCUT2D eigenvalue weighted by Crippen LogP contribution is -2.41. The van der Waals surface area contributed by atoms with Gasteiger partial charge in [0.1, 0.15) is 5.00 Å². The predicted octanol–water partition coefficient (Wildman–Crippen LogP) is 4.84. The molecule has 43 heavy (non-hydrogen) atoms. The molecule has 230 valence electrons. The lowest BCUT2D eigenvalue weighted by molar-refractivity contribution is 0.0302. The van der Waals surface area contributed by atoms with E-state index in [0.29, 0.717) is 62.1 Å². The van der Waals surface area contributed by atoms with Gasteiger partial charge in [-0.3, -0.25) is 14.5 Å². The van der Waals surface area contributed by atoms with Crippen LogP contribution in [0.3, 0.4) is 0 Å². The van der Waals surface area contributed by atoms with Crippen molar-refractivity contribution in [2.75, 3.05) is 51.3 Å². The van der Waals surface area contributed by atoms with Gasteiger partial charge in [-0.15, -0.1) is 11.3 Å². The summed E-state index contributed by atoms with van der Waals surface area (Å²) in [4.78, 5) is 32.7. The van der Waals surface area contributed by atoms with Gasteiger partial charge in [-0.25, -0.2) is 8.42 Å². The van der Waals surface area contributed by atoms with Crippen LogP contribution in [0, 0.1) is 0 Å². The first-order valence-corrected chi connectivity index (χ1v) is 17.3. The summed E-state index contributed by atoms with van der Waals surface area (Å²) in [7, 11) is -3.65. The number of ether oxygens (including phenoxy) is 1. The van der Waals surface area contributed by atoms with E-state index in [1.165, 1.54) is 45.5 Å². The molecule has 0 bridgehead atoms. The molecule has 2 amide bonds. The second-order valence-corrected chi connectivity index (χ2v) is 14.0. The van der Waals surface area contributed by atoms with Crippen LogP contribution in [-0.4, -0.2) is 80.3 Å². The molecule has 9 nitrogen and oxygen atoms in total. The topological polar surface area (TPSA) is 99.3 Å². The molecule has 0 atom stereocenters. The number of hydrogen-bond donors (Lipinski definition) is 1. The van der Waals surface area contributed by atoms with Gasteiger partial charge in [0.25, 0.3) is 11.8 Å². The molecule has 11 heteroatoms. The fraction of sp³-hybridized carbons (Fsp3) is 0.438. The molecular weight excluding hydrogens is 585 g/mol. The third-order valence-corrected chi connectivity index (χ3v) is 10.9. The van der Waals surface area contributed by atoms with Crippen LogP contribution < -0.4 is 5.32 Å². The van der Waals surface area contributed by atoms with Crippen LogP contribution in [0.15, 0.2) is 59.5 Å². The van der Waals surface area contributed by atoms with Gasteiger partial charge >= 0.3 is 0 Å². The molecule has 0 aliphatic carbocycles. The fourth-order valence-corrected chi connectivity index (χ4v) is 8.53. The van der Waals surface area contributed by atoms with E-state index < -0.39 is 10.0 Å². The van der Waals surface area contributed by atoms with E-state index in [9.17, 15) is 18.0 Å². The van der Waals surface area contributed by atoms with Crippen molar-refractivity contribution in [2.45, 2.75) is 51.1 Å². The summed E-state index contributed by atoms with van der Waals surface area (Å²) in [6, 6.07) is 16.4. The normalized spacial score (nSPS) is 15.8. The first-order valence-electron chi connectivity index (χ1n) is 15.0. The van der Waals surface area contributed by atoms with Gasteiger partial charge in [0, 0.05) is 56.3 Å². The number of carbonyl (C=O) groups excluding carboxylic acids is 2. The summed E-state index contributed by atoms with van der Waals surface area (Å²) in [6.45, 7) is 9.15. The highest BCUT2D eigenvalue weighted by atomic mass is 32.2. The zero-order chi connectivity index (χ0) is 30.4. The summed E-state index contributed by atoms with van der Waals surface area (Å²) in [6.07, 6.45) is 2.17. The molecule has 1 fully saturated rings. The van der Waals surface area contributed by atoms with Crippen LogP contribution in [0.2, 0.25) is 0 Å². The van der Waals surface area contributed by atoms with Gasteiger partial charge in [-0.1, -0.05) is 44.2 Å². The SMILES string of the molecule is CCCN(CCC)S(=O)(=O)c1ccc(C(=O)Nc2sc3c(c2C(=O)N2CCOCC2)CCN(Cc2ccccc2)C3)cc1. The van der Waals surface area contributed by atoms with Crippen LogP contribution in [0.5, 0.6) is 0 Å². The van der Waals surface area contributed by atoms with Gasteiger partial charge in [0.2, 0.25) is 10.0 Å². The highest BCUT2D eigenvalue weighted by molar-refractivity contribution is 7.89. The molecule has 0 unspecified atom stereocenters. The average molecular weight is 625 g/mol. The molecule has 2 aromatic carbocycles. The minimum atomic E-state index is -3.65. The smallest absolute Gasteiger partial charge is 0.257 e. The number of hydrogen-bond acceptors (Lipinski definition) is 7. The molecule has 3 aromatic rings. The molecule has 1 saturated heterocycles. The number of amides is 2. The van der Waals surface area contributed by atoms with Crippen molar-refractivity contribution >= 4 is 38.2 Å². The van der Waals surface area contributed by atoms with Gasteiger partial charge < -0.3 is 15.0 Å². The van der Waals surface area contributed by atoms with E-state index in [2.05, 4.69) is 22.3 Å². The summed E-state index contributed by atoms with van der Waals surface area (Å²) in [5.41, 5.74) is 3.15. The van der Waals surface area contributed by atoms with Crippen molar-refractivity contribution in [3.63, 3.8) is 0 Å². The number of fused-ring (bicyclic) bond motifs is 1.